The maximum Gasteiger partial charge on any atom is 0.123 e. The molecule has 1 aromatic heterocycles. The Morgan fingerprint density at radius 2 is 2.28 bits per heavy atom. The summed E-state index contributed by atoms with van der Waals surface area (Å²) < 4.78 is 13.2. The molecule has 96 valence electrons. The van der Waals surface area contributed by atoms with Crippen molar-refractivity contribution in [2.75, 3.05) is 13.6 Å². The van der Waals surface area contributed by atoms with Gasteiger partial charge in [0.25, 0.3) is 0 Å². The van der Waals surface area contributed by atoms with Crippen molar-refractivity contribution in [2.24, 2.45) is 5.92 Å². The zero-order chi connectivity index (χ0) is 12.8. The van der Waals surface area contributed by atoms with Crippen molar-refractivity contribution in [3.63, 3.8) is 0 Å². The molecule has 1 atom stereocenters. The van der Waals surface area contributed by atoms with Gasteiger partial charge in [0.15, 0.2) is 0 Å². The Hall–Kier alpha value is -1.26. The Labute approximate surface area is 111 Å². The molecular formula is C14H17FN2S. The molecule has 0 saturated carbocycles. The Morgan fingerprint density at radius 3 is 2.94 bits per heavy atom. The second-order valence-electron chi connectivity index (χ2n) is 4.43. The van der Waals surface area contributed by atoms with Gasteiger partial charge in [-0.2, -0.15) is 0 Å². The van der Waals surface area contributed by atoms with Crippen LogP contribution in [0.1, 0.15) is 10.4 Å². The predicted octanol–water partition coefficient (Wildman–Crippen LogP) is 2.90. The van der Waals surface area contributed by atoms with Crippen LogP contribution in [0, 0.1) is 11.7 Å². The first-order valence-corrected chi connectivity index (χ1v) is 6.92. The highest BCUT2D eigenvalue weighted by Gasteiger charge is 2.11. The molecule has 1 aromatic carbocycles. The van der Waals surface area contributed by atoms with Crippen molar-refractivity contribution >= 4 is 11.3 Å². The number of hydrogen-bond donors (Lipinski definition) is 1. The molecule has 0 aliphatic carbocycles. The van der Waals surface area contributed by atoms with Gasteiger partial charge in [0.2, 0.25) is 0 Å². The topological polar surface area (TPSA) is 24.9 Å². The van der Waals surface area contributed by atoms with Gasteiger partial charge in [0.05, 0.1) is 5.51 Å². The van der Waals surface area contributed by atoms with E-state index >= 15 is 0 Å². The van der Waals surface area contributed by atoms with Crippen molar-refractivity contribution in [3.8, 4) is 0 Å². The molecule has 1 unspecified atom stereocenters. The van der Waals surface area contributed by atoms with Crippen LogP contribution >= 0.6 is 11.3 Å². The third-order valence-corrected chi connectivity index (χ3v) is 3.68. The van der Waals surface area contributed by atoms with Crippen LogP contribution in [-0.2, 0) is 12.8 Å². The average molecular weight is 264 g/mol. The van der Waals surface area contributed by atoms with E-state index in [1.54, 1.807) is 23.5 Å². The van der Waals surface area contributed by atoms with Gasteiger partial charge in [-0.3, -0.25) is 4.98 Å². The minimum absolute atomic E-state index is 0.159. The fourth-order valence-electron chi connectivity index (χ4n) is 2.13. The molecule has 1 N–H and O–H groups in total. The van der Waals surface area contributed by atoms with Crippen molar-refractivity contribution in [1.82, 2.24) is 10.3 Å². The summed E-state index contributed by atoms with van der Waals surface area (Å²) in [6, 6.07) is 6.86. The maximum atomic E-state index is 13.2. The number of nitrogens with one attached hydrogen (secondary N) is 1. The minimum atomic E-state index is -0.159. The molecule has 1 heterocycles. The highest BCUT2D eigenvalue weighted by Crippen LogP contribution is 2.17. The molecule has 0 bridgehead atoms. The number of nitrogens with zero attached hydrogens (tertiary/aromatic N) is 1. The molecule has 2 rings (SSSR count). The smallest absolute Gasteiger partial charge is 0.123 e. The van der Waals surface area contributed by atoms with Crippen LogP contribution < -0.4 is 5.32 Å². The van der Waals surface area contributed by atoms with Gasteiger partial charge in [-0.15, -0.1) is 11.3 Å². The fraction of sp³-hybridized carbons (Fsp3) is 0.357. The van der Waals surface area contributed by atoms with Gasteiger partial charge in [0, 0.05) is 11.1 Å². The third kappa shape index (κ3) is 3.89. The number of halogens is 1. The predicted molar refractivity (Wildman–Crippen MR) is 73.3 cm³/mol. The zero-order valence-corrected chi connectivity index (χ0v) is 11.2. The van der Waals surface area contributed by atoms with Crippen LogP contribution in [-0.4, -0.2) is 18.6 Å². The normalized spacial score (nSPS) is 12.6. The molecule has 2 nitrogen and oxygen atoms in total. The van der Waals surface area contributed by atoms with Crippen molar-refractivity contribution in [2.45, 2.75) is 12.8 Å². The summed E-state index contributed by atoms with van der Waals surface area (Å²) in [4.78, 5) is 5.38. The lowest BCUT2D eigenvalue weighted by Crippen LogP contribution is -2.22. The van der Waals surface area contributed by atoms with Crippen LogP contribution in [0.5, 0.6) is 0 Å². The van der Waals surface area contributed by atoms with Gasteiger partial charge >= 0.3 is 0 Å². The van der Waals surface area contributed by atoms with Crippen LogP contribution in [0.15, 0.2) is 36.0 Å². The number of hydrogen-bond acceptors (Lipinski definition) is 3. The van der Waals surface area contributed by atoms with Crippen LogP contribution in [0.3, 0.4) is 0 Å². The van der Waals surface area contributed by atoms with E-state index in [4.69, 9.17) is 0 Å². The van der Waals surface area contributed by atoms with E-state index in [2.05, 4.69) is 10.3 Å². The lowest BCUT2D eigenvalue weighted by atomic mass is 9.95. The van der Waals surface area contributed by atoms with E-state index in [9.17, 15) is 4.39 Å². The second kappa shape index (κ2) is 6.61. The molecule has 0 aliphatic rings. The Balaban J connectivity index is 2.01. The molecule has 4 heteroatoms. The summed E-state index contributed by atoms with van der Waals surface area (Å²) in [5.74, 6) is 0.311. The highest BCUT2D eigenvalue weighted by molar-refractivity contribution is 7.09. The average Bonchev–Trinajstić information content (AvgIpc) is 2.82. The van der Waals surface area contributed by atoms with Crippen molar-refractivity contribution in [3.05, 3.63) is 52.2 Å². The van der Waals surface area contributed by atoms with E-state index in [0.717, 1.165) is 24.9 Å². The second-order valence-corrected chi connectivity index (χ2v) is 5.40. The third-order valence-electron chi connectivity index (χ3n) is 2.88. The van der Waals surface area contributed by atoms with Gasteiger partial charge in [-0.25, -0.2) is 4.39 Å². The van der Waals surface area contributed by atoms with E-state index < -0.39 is 0 Å². The Kier molecular flexibility index (Phi) is 4.84. The molecule has 0 aliphatic heterocycles. The van der Waals surface area contributed by atoms with E-state index in [0.29, 0.717) is 5.92 Å². The lowest BCUT2D eigenvalue weighted by Gasteiger charge is -2.15. The molecule has 0 amide bonds. The molecule has 18 heavy (non-hydrogen) atoms. The summed E-state index contributed by atoms with van der Waals surface area (Å²) in [5.41, 5.74) is 2.91. The monoisotopic (exact) mass is 264 g/mol. The summed E-state index contributed by atoms with van der Waals surface area (Å²) in [5, 5.41) is 3.21. The van der Waals surface area contributed by atoms with Crippen molar-refractivity contribution < 1.29 is 4.39 Å². The van der Waals surface area contributed by atoms with Crippen LogP contribution in [0.2, 0.25) is 0 Å². The quantitative estimate of drug-likeness (QED) is 0.867. The lowest BCUT2D eigenvalue weighted by molar-refractivity contribution is 0.494. The maximum absolute atomic E-state index is 13.2. The number of aromatic nitrogens is 1. The highest BCUT2D eigenvalue weighted by atomic mass is 32.1. The molecule has 2 aromatic rings. The summed E-state index contributed by atoms with van der Waals surface area (Å²) >= 11 is 1.68. The van der Waals surface area contributed by atoms with Crippen molar-refractivity contribution in [1.29, 1.82) is 0 Å². The van der Waals surface area contributed by atoms with E-state index in [1.807, 2.05) is 24.8 Å². The largest absolute Gasteiger partial charge is 0.319 e. The summed E-state index contributed by atoms with van der Waals surface area (Å²) in [7, 11) is 1.95. The fourth-order valence-corrected chi connectivity index (χ4v) is 2.84. The first-order chi connectivity index (χ1) is 8.78. The number of thiazole rings is 1. The van der Waals surface area contributed by atoms with Crippen LogP contribution in [0.4, 0.5) is 4.39 Å². The first kappa shape index (κ1) is 13.2. The molecule has 0 radical (unpaired) electrons. The molecular weight excluding hydrogens is 247 g/mol. The van der Waals surface area contributed by atoms with Gasteiger partial charge in [-0.05, 0) is 50.0 Å². The summed E-state index contributed by atoms with van der Waals surface area (Å²) in [6.07, 6.45) is 3.79. The van der Waals surface area contributed by atoms with Crippen LogP contribution in [0.25, 0.3) is 0 Å². The minimum Gasteiger partial charge on any atom is -0.319 e. The van der Waals surface area contributed by atoms with E-state index in [-0.39, 0.29) is 5.82 Å². The first-order valence-electron chi connectivity index (χ1n) is 6.04. The summed E-state index contributed by atoms with van der Waals surface area (Å²) in [6.45, 7) is 0.925. The molecule has 0 fully saturated rings. The molecule has 0 spiro atoms. The number of rotatable bonds is 6. The Bertz CT molecular complexity index is 470. The standard InChI is InChI=1S/C14H17FN2S/c1-16-8-12(7-14-9-17-10-18-14)5-11-3-2-4-13(15)6-11/h2-4,6,9-10,12,16H,5,7-8H2,1H3. The van der Waals surface area contributed by atoms with Gasteiger partial charge in [0.1, 0.15) is 5.82 Å². The SMILES string of the molecule is CNCC(Cc1cccc(F)c1)Cc1cncs1. The zero-order valence-electron chi connectivity index (χ0n) is 10.4. The van der Waals surface area contributed by atoms with Gasteiger partial charge < -0.3 is 5.32 Å². The molecule has 0 saturated heterocycles. The van der Waals surface area contributed by atoms with Gasteiger partial charge in [-0.1, -0.05) is 12.1 Å². The van der Waals surface area contributed by atoms with E-state index in [1.165, 1.54) is 10.9 Å². The Morgan fingerprint density at radius 1 is 1.39 bits per heavy atom. The number of benzene rings is 1.